The van der Waals surface area contributed by atoms with Crippen LogP contribution in [0.25, 0.3) is 22.0 Å². The van der Waals surface area contributed by atoms with Crippen LogP contribution >= 0.6 is 0 Å². The Morgan fingerprint density at radius 2 is 1.68 bits per heavy atom. The van der Waals surface area contributed by atoms with Gasteiger partial charge in [-0.05, 0) is 93.6 Å². The number of imide groups is 1. The highest BCUT2D eigenvalue weighted by Gasteiger charge is 2.30. The molecule has 2 atom stereocenters. The lowest BCUT2D eigenvalue weighted by Gasteiger charge is -2.32. The van der Waals surface area contributed by atoms with E-state index in [4.69, 9.17) is 0 Å². The van der Waals surface area contributed by atoms with Crippen molar-refractivity contribution in [2.45, 2.75) is 70.4 Å². The van der Waals surface area contributed by atoms with Crippen LogP contribution in [0, 0.1) is 24.4 Å². The van der Waals surface area contributed by atoms with Gasteiger partial charge >= 0.3 is 0 Å². The number of hydrogen-bond donors (Lipinski definition) is 2. The van der Waals surface area contributed by atoms with Crippen molar-refractivity contribution in [2.24, 2.45) is 0 Å². The summed E-state index contributed by atoms with van der Waals surface area (Å²) in [5.41, 5.74) is 2.83. The van der Waals surface area contributed by atoms with Crippen LogP contribution < -0.4 is 10.6 Å². The number of anilines is 1. The lowest BCUT2D eigenvalue weighted by Crippen LogP contribution is -2.39. The molecule has 2 N–H and O–H groups in total. The van der Waals surface area contributed by atoms with E-state index in [-0.39, 0.29) is 35.4 Å². The number of carbonyl (C=O) groups excluding carboxylic acids is 2. The van der Waals surface area contributed by atoms with Crippen LogP contribution in [-0.2, 0) is 16.1 Å². The van der Waals surface area contributed by atoms with Crippen molar-refractivity contribution in [2.75, 3.05) is 18.4 Å². The number of likely N-dealkylation sites (tertiary alicyclic amines) is 1. The number of benzene rings is 3. The maximum Gasteiger partial charge on any atom is 0.266 e. The smallest absolute Gasteiger partial charge is 0.266 e. The lowest BCUT2D eigenvalue weighted by molar-refractivity contribution is -0.134. The van der Waals surface area contributed by atoms with E-state index in [9.17, 15) is 22.8 Å². The maximum absolute atomic E-state index is 15.3. The van der Waals surface area contributed by atoms with Gasteiger partial charge in [-0.15, -0.1) is 5.10 Å². The van der Waals surface area contributed by atoms with Crippen molar-refractivity contribution >= 4 is 28.4 Å². The third kappa shape index (κ3) is 7.48. The molecule has 4 heterocycles. The van der Waals surface area contributed by atoms with Crippen molar-refractivity contribution in [1.82, 2.24) is 25.4 Å². The van der Waals surface area contributed by atoms with Gasteiger partial charge in [-0.25, -0.2) is 22.0 Å². The maximum atomic E-state index is 15.3. The number of hydrogen-bond acceptors (Lipinski definition) is 7. The molecule has 2 aliphatic rings. The van der Waals surface area contributed by atoms with Crippen LogP contribution in [0.4, 0.5) is 27.8 Å². The van der Waals surface area contributed by atoms with Gasteiger partial charge in [-0.2, -0.15) is 5.10 Å². The van der Waals surface area contributed by atoms with Crippen LogP contribution in [0.15, 0.2) is 66.9 Å². The molecule has 2 saturated heterocycles. The predicted octanol–water partition coefficient (Wildman–Crippen LogP) is 8.43. The van der Waals surface area contributed by atoms with Gasteiger partial charge in [0.15, 0.2) is 5.82 Å². The van der Waals surface area contributed by atoms with Crippen molar-refractivity contribution in [3.05, 3.63) is 118 Å². The fourth-order valence-electron chi connectivity index (χ4n) is 7.39. The number of pyridine rings is 1. The third-order valence-electron chi connectivity index (χ3n) is 10.4. The molecule has 0 radical (unpaired) electrons. The van der Waals surface area contributed by atoms with E-state index < -0.39 is 35.7 Å². The van der Waals surface area contributed by atoms with Crippen molar-refractivity contribution in [3.8, 4) is 11.3 Å². The molecule has 7 rings (SSSR count). The molecule has 1 unspecified atom stereocenters. The topological polar surface area (TPSA) is 100 Å². The largest absolute Gasteiger partial charge is 0.361 e. The summed E-state index contributed by atoms with van der Waals surface area (Å²) in [6.07, 6.45) is 0.618. The van der Waals surface area contributed by atoms with Crippen LogP contribution in [0.1, 0.15) is 90.4 Å². The number of aryl methyl sites for hydroxylation is 1. The second-order valence-corrected chi connectivity index (χ2v) is 13.8. The highest BCUT2D eigenvalue weighted by Crippen LogP contribution is 2.35. The quantitative estimate of drug-likeness (QED) is 0.116. The van der Waals surface area contributed by atoms with Crippen LogP contribution in [-0.4, -0.2) is 45.0 Å². The third-order valence-corrected chi connectivity index (χ3v) is 10.4. The molecule has 3 aromatic carbocycles. The second-order valence-electron chi connectivity index (χ2n) is 13.8. The minimum absolute atomic E-state index is 0.0261. The Kier molecular flexibility index (Phi) is 10.2. The van der Waals surface area contributed by atoms with E-state index in [1.54, 1.807) is 50.4 Å². The predicted molar refractivity (Wildman–Crippen MR) is 190 cm³/mol. The summed E-state index contributed by atoms with van der Waals surface area (Å²) in [6.45, 7) is 5.02. The Labute approximate surface area is 302 Å². The number of fused-ring (bicyclic) bond motifs is 1. The number of rotatable bonds is 9. The second kappa shape index (κ2) is 15.0. The molecule has 0 aliphatic carbocycles. The minimum atomic E-state index is -2.95. The molecule has 2 aromatic heterocycles. The van der Waals surface area contributed by atoms with Crippen LogP contribution in [0.2, 0.25) is 0 Å². The monoisotopic (exact) mass is 728 g/mol. The highest BCUT2D eigenvalue weighted by molar-refractivity contribution is 6.01. The standard InChI is InChI=1S/C40H37F5N6O2/c1-21(27-4-3-5-30(37(27)43)38(44)45)47-39-31-18-35(46-19-32(31)22(2)49-50-39)25-7-10-33(41)26(16-25)20-51-14-12-23(13-15-51)28-8-6-24(17-34(28)42)29-9-11-36(52)48-40(29)53/h3-8,10,16-19,21,23,29,38H,9,11-15,20H2,1-2H3,(H,47,50)(H,48,52,53)/t21-,29?/m1/s1. The number of carbonyl (C=O) groups is 2. The highest BCUT2D eigenvalue weighted by atomic mass is 19.3. The number of aromatic nitrogens is 3. The van der Waals surface area contributed by atoms with Gasteiger partial charge < -0.3 is 5.32 Å². The van der Waals surface area contributed by atoms with E-state index in [2.05, 4.69) is 30.7 Å². The van der Waals surface area contributed by atoms with Gasteiger partial charge in [0, 0.05) is 46.6 Å². The zero-order valence-electron chi connectivity index (χ0n) is 29.1. The Morgan fingerprint density at radius 1 is 0.906 bits per heavy atom. The van der Waals surface area contributed by atoms with E-state index >= 15 is 8.78 Å². The summed E-state index contributed by atoms with van der Waals surface area (Å²) in [5.74, 6) is -2.69. The van der Waals surface area contributed by atoms with Gasteiger partial charge in [0.05, 0.1) is 28.9 Å². The van der Waals surface area contributed by atoms with E-state index in [1.165, 1.54) is 24.3 Å². The Balaban J connectivity index is 1.05. The molecule has 0 saturated carbocycles. The SMILES string of the molecule is Cc1nnc(N[C@H](C)c2cccc(C(F)F)c2F)c2cc(-c3ccc(F)c(CN4CCC(c5ccc(C6CCC(=O)NC6=O)cc5F)CC4)c3)ncc12. The Morgan fingerprint density at radius 3 is 2.42 bits per heavy atom. The van der Waals surface area contributed by atoms with E-state index in [1.807, 2.05) is 0 Å². The van der Waals surface area contributed by atoms with Gasteiger partial charge in [0.25, 0.3) is 6.43 Å². The fraction of sp³-hybridized carbons (Fsp3) is 0.325. The summed E-state index contributed by atoms with van der Waals surface area (Å²) in [5, 5.41) is 15.3. The first-order valence-corrected chi connectivity index (χ1v) is 17.6. The number of nitrogens with one attached hydrogen (secondary N) is 2. The van der Waals surface area contributed by atoms with Gasteiger partial charge in [-0.1, -0.05) is 30.3 Å². The van der Waals surface area contributed by atoms with Gasteiger partial charge in [0.2, 0.25) is 11.8 Å². The number of piperidine rings is 2. The molecule has 0 spiro atoms. The summed E-state index contributed by atoms with van der Waals surface area (Å²) < 4.78 is 72.2. The molecule has 2 amide bonds. The molecule has 2 aliphatic heterocycles. The average molecular weight is 729 g/mol. The zero-order chi connectivity index (χ0) is 37.4. The summed E-state index contributed by atoms with van der Waals surface area (Å²) >= 11 is 0. The summed E-state index contributed by atoms with van der Waals surface area (Å²) in [7, 11) is 0. The summed E-state index contributed by atoms with van der Waals surface area (Å²) in [6, 6.07) is 14.7. The molecule has 274 valence electrons. The Bertz CT molecular complexity index is 2210. The van der Waals surface area contributed by atoms with Crippen LogP contribution in [0.5, 0.6) is 0 Å². The van der Waals surface area contributed by atoms with E-state index in [0.29, 0.717) is 89.1 Å². The first-order chi connectivity index (χ1) is 25.5. The number of alkyl halides is 2. The number of nitrogens with zero attached hydrogens (tertiary/aromatic N) is 4. The first-order valence-electron chi connectivity index (χ1n) is 17.6. The molecule has 13 heteroatoms. The number of halogens is 5. The van der Waals surface area contributed by atoms with Crippen molar-refractivity contribution in [3.63, 3.8) is 0 Å². The molecule has 2 fully saturated rings. The van der Waals surface area contributed by atoms with Crippen LogP contribution in [0.3, 0.4) is 0 Å². The molecular formula is C40H37F5N6O2. The lowest BCUT2D eigenvalue weighted by atomic mass is 9.85. The minimum Gasteiger partial charge on any atom is -0.361 e. The molecule has 53 heavy (non-hydrogen) atoms. The van der Waals surface area contributed by atoms with Gasteiger partial charge in [-0.3, -0.25) is 24.8 Å². The molecule has 5 aromatic rings. The molecule has 0 bridgehead atoms. The number of amides is 2. The van der Waals surface area contributed by atoms with Crippen molar-refractivity contribution in [1.29, 1.82) is 0 Å². The molecular weight excluding hydrogens is 691 g/mol. The summed E-state index contributed by atoms with van der Waals surface area (Å²) in [4.78, 5) is 30.6. The average Bonchev–Trinajstić information content (AvgIpc) is 3.14. The first kappa shape index (κ1) is 36.1. The zero-order valence-corrected chi connectivity index (χ0v) is 29.1. The fourth-order valence-corrected chi connectivity index (χ4v) is 7.39. The molecule has 8 nitrogen and oxygen atoms in total. The Hall–Kier alpha value is -5.30. The van der Waals surface area contributed by atoms with Crippen molar-refractivity contribution < 1.29 is 31.5 Å². The normalized spacial score (nSPS) is 17.7. The van der Waals surface area contributed by atoms with Gasteiger partial charge in [0.1, 0.15) is 17.5 Å². The van der Waals surface area contributed by atoms with E-state index in [0.717, 1.165) is 6.07 Å².